The molecule has 2 aliphatic rings. The molecule has 1 saturated heterocycles. The van der Waals surface area contributed by atoms with E-state index >= 15 is 0 Å². The van der Waals surface area contributed by atoms with Gasteiger partial charge in [0.25, 0.3) is 0 Å². The van der Waals surface area contributed by atoms with E-state index in [0.29, 0.717) is 18.1 Å². The molecule has 0 saturated carbocycles. The van der Waals surface area contributed by atoms with Gasteiger partial charge in [-0.05, 0) is 44.2 Å². The zero-order valence-electron chi connectivity index (χ0n) is 17.8. The van der Waals surface area contributed by atoms with Gasteiger partial charge in [-0.25, -0.2) is 18.4 Å². The number of hydrogen-bond acceptors (Lipinski definition) is 7. The van der Waals surface area contributed by atoms with Crippen molar-refractivity contribution in [2.24, 2.45) is 0 Å². The lowest BCUT2D eigenvalue weighted by atomic mass is 10.0. The summed E-state index contributed by atoms with van der Waals surface area (Å²) in [5, 5.41) is 3.19. The van der Waals surface area contributed by atoms with Crippen LogP contribution in [0.3, 0.4) is 0 Å². The lowest BCUT2D eigenvalue weighted by Crippen LogP contribution is -2.39. The summed E-state index contributed by atoms with van der Waals surface area (Å²) in [7, 11) is 1.84. The van der Waals surface area contributed by atoms with Crippen molar-refractivity contribution < 1.29 is 13.2 Å². The number of sulfonamides is 1. The van der Waals surface area contributed by atoms with Gasteiger partial charge >= 0.3 is 0 Å². The first kappa shape index (κ1) is 21.0. The molecule has 162 valence electrons. The first-order chi connectivity index (χ1) is 14.4. The highest BCUT2D eigenvalue weighted by atomic mass is 32.2. The number of hydrogen-bond donors (Lipinski definition) is 1. The molecule has 0 radical (unpaired) electrons. The van der Waals surface area contributed by atoms with Gasteiger partial charge in [0, 0.05) is 38.7 Å². The molecular formula is C21H29N5O3S. The van der Waals surface area contributed by atoms with Crippen molar-refractivity contribution in [1.82, 2.24) is 19.2 Å². The number of nitrogens with zero attached hydrogens (tertiary/aromatic N) is 4. The van der Waals surface area contributed by atoms with Crippen LogP contribution >= 0.6 is 0 Å². The first-order valence-electron chi connectivity index (χ1n) is 10.4. The van der Waals surface area contributed by atoms with Gasteiger partial charge in [-0.3, -0.25) is 0 Å². The van der Waals surface area contributed by atoms with Gasteiger partial charge in [-0.1, -0.05) is 6.42 Å². The van der Waals surface area contributed by atoms with E-state index in [-0.39, 0.29) is 10.9 Å². The Kier molecular flexibility index (Phi) is 5.95. The van der Waals surface area contributed by atoms with Crippen molar-refractivity contribution in [3.8, 4) is 5.75 Å². The highest BCUT2D eigenvalue weighted by Crippen LogP contribution is 2.36. The van der Waals surface area contributed by atoms with Gasteiger partial charge < -0.3 is 15.0 Å². The SMILES string of the molecule is CNc1nc([C@H]2CCCCN2S(=O)(=O)c2ccc(OC)cc2)nc2c1CN(C)CC2. The summed E-state index contributed by atoms with van der Waals surface area (Å²) < 4.78 is 33.7. The predicted octanol–water partition coefficient (Wildman–Crippen LogP) is 2.43. The van der Waals surface area contributed by atoms with Crippen molar-refractivity contribution in [3.63, 3.8) is 0 Å². The number of fused-ring (bicyclic) bond motifs is 1. The Bertz CT molecular complexity index is 993. The van der Waals surface area contributed by atoms with E-state index in [9.17, 15) is 8.42 Å². The fraction of sp³-hybridized carbons (Fsp3) is 0.524. The summed E-state index contributed by atoms with van der Waals surface area (Å²) in [4.78, 5) is 12.1. The second-order valence-electron chi connectivity index (χ2n) is 7.90. The molecule has 2 aliphatic heterocycles. The molecule has 2 aromatic rings. The molecule has 0 unspecified atom stereocenters. The Morgan fingerprint density at radius 1 is 1.13 bits per heavy atom. The highest BCUT2D eigenvalue weighted by molar-refractivity contribution is 7.89. The number of aromatic nitrogens is 2. The van der Waals surface area contributed by atoms with Gasteiger partial charge in [-0.2, -0.15) is 4.31 Å². The summed E-state index contributed by atoms with van der Waals surface area (Å²) in [6.45, 7) is 2.20. The van der Waals surface area contributed by atoms with E-state index in [2.05, 4.69) is 17.3 Å². The van der Waals surface area contributed by atoms with E-state index in [1.54, 1.807) is 35.7 Å². The van der Waals surface area contributed by atoms with Gasteiger partial charge in [0.1, 0.15) is 17.4 Å². The second kappa shape index (κ2) is 8.49. The number of rotatable bonds is 5. The lowest BCUT2D eigenvalue weighted by molar-refractivity contribution is 0.244. The zero-order valence-corrected chi connectivity index (χ0v) is 18.6. The van der Waals surface area contributed by atoms with Crippen LogP contribution in [-0.2, 0) is 23.0 Å². The number of nitrogens with one attached hydrogen (secondary N) is 1. The third-order valence-corrected chi connectivity index (χ3v) is 7.85. The van der Waals surface area contributed by atoms with Gasteiger partial charge in [0.2, 0.25) is 10.0 Å². The summed E-state index contributed by atoms with van der Waals surface area (Å²) in [6, 6.07) is 6.20. The fourth-order valence-electron chi connectivity index (χ4n) is 4.26. The van der Waals surface area contributed by atoms with Crippen LogP contribution in [0.15, 0.2) is 29.2 Å². The molecule has 4 rings (SSSR count). The maximum absolute atomic E-state index is 13.5. The Hall–Kier alpha value is -2.23. The van der Waals surface area contributed by atoms with Crippen LogP contribution in [-0.4, -0.2) is 61.9 Å². The van der Waals surface area contributed by atoms with Crippen molar-refractivity contribution in [3.05, 3.63) is 41.3 Å². The summed E-state index contributed by atoms with van der Waals surface area (Å²) >= 11 is 0. The van der Waals surface area contributed by atoms with E-state index in [1.807, 2.05) is 7.05 Å². The molecule has 1 aromatic heterocycles. The molecule has 8 nitrogen and oxygen atoms in total. The normalized spacial score (nSPS) is 20.6. The van der Waals surface area contributed by atoms with Gasteiger partial charge in [0.15, 0.2) is 0 Å². The summed E-state index contributed by atoms with van der Waals surface area (Å²) in [5.74, 6) is 2.03. The molecule has 1 N–H and O–H groups in total. The zero-order chi connectivity index (χ0) is 21.3. The standard InChI is InChI=1S/C21H29N5O3S/c1-22-20-17-14-25(2)13-11-18(17)23-21(24-20)19-6-4-5-12-26(19)30(27,28)16-9-7-15(29-3)8-10-16/h7-10,19H,4-6,11-14H2,1-3H3,(H,22,23,24)/t19-/m1/s1. The predicted molar refractivity (Wildman–Crippen MR) is 115 cm³/mol. The summed E-state index contributed by atoms with van der Waals surface area (Å²) in [6.07, 6.45) is 3.35. The number of likely N-dealkylation sites (N-methyl/N-ethyl adjacent to an activating group) is 1. The van der Waals surface area contributed by atoms with Crippen LogP contribution in [0.2, 0.25) is 0 Å². The molecule has 9 heteroatoms. The number of methoxy groups -OCH3 is 1. The third-order valence-electron chi connectivity index (χ3n) is 5.92. The lowest BCUT2D eigenvalue weighted by Gasteiger charge is -2.35. The smallest absolute Gasteiger partial charge is 0.243 e. The fourth-order valence-corrected chi connectivity index (χ4v) is 5.91. The van der Waals surface area contributed by atoms with Crippen LogP contribution in [0.1, 0.15) is 42.4 Å². The molecule has 30 heavy (non-hydrogen) atoms. The van der Waals surface area contributed by atoms with E-state index < -0.39 is 10.0 Å². The number of benzene rings is 1. The van der Waals surface area contributed by atoms with E-state index in [0.717, 1.165) is 55.8 Å². The van der Waals surface area contributed by atoms with Crippen LogP contribution in [0.4, 0.5) is 5.82 Å². The number of ether oxygens (including phenoxy) is 1. The Morgan fingerprint density at radius 3 is 2.60 bits per heavy atom. The van der Waals surface area contributed by atoms with Crippen molar-refractivity contribution in [2.45, 2.75) is 43.2 Å². The Balaban J connectivity index is 1.72. The largest absolute Gasteiger partial charge is 0.497 e. The third kappa shape index (κ3) is 3.89. The average Bonchev–Trinajstić information content (AvgIpc) is 2.78. The van der Waals surface area contributed by atoms with Crippen LogP contribution < -0.4 is 10.1 Å². The van der Waals surface area contributed by atoms with Crippen molar-refractivity contribution in [1.29, 1.82) is 0 Å². The maximum atomic E-state index is 13.5. The molecular weight excluding hydrogens is 402 g/mol. The molecule has 1 aromatic carbocycles. The van der Waals surface area contributed by atoms with Crippen LogP contribution in [0, 0.1) is 0 Å². The molecule has 0 amide bonds. The molecule has 0 aliphatic carbocycles. The second-order valence-corrected chi connectivity index (χ2v) is 9.79. The van der Waals surface area contributed by atoms with Crippen LogP contribution in [0.25, 0.3) is 0 Å². The van der Waals surface area contributed by atoms with Gasteiger partial charge in [-0.15, -0.1) is 0 Å². The number of piperidine rings is 1. The van der Waals surface area contributed by atoms with Crippen LogP contribution in [0.5, 0.6) is 5.75 Å². The molecule has 1 atom stereocenters. The minimum atomic E-state index is -3.66. The Morgan fingerprint density at radius 2 is 1.90 bits per heavy atom. The average molecular weight is 432 g/mol. The minimum absolute atomic E-state index is 0.267. The molecule has 0 bridgehead atoms. The number of anilines is 1. The first-order valence-corrected chi connectivity index (χ1v) is 11.8. The van der Waals surface area contributed by atoms with E-state index in [4.69, 9.17) is 14.7 Å². The highest BCUT2D eigenvalue weighted by Gasteiger charge is 2.37. The molecule has 0 spiro atoms. The maximum Gasteiger partial charge on any atom is 0.243 e. The van der Waals surface area contributed by atoms with E-state index in [1.165, 1.54) is 0 Å². The molecule has 3 heterocycles. The van der Waals surface area contributed by atoms with Gasteiger partial charge in [0.05, 0.1) is 23.7 Å². The summed E-state index contributed by atoms with van der Waals surface area (Å²) in [5.41, 5.74) is 2.13. The Labute approximate surface area is 178 Å². The quantitative estimate of drug-likeness (QED) is 0.778. The monoisotopic (exact) mass is 431 g/mol. The molecule has 1 fully saturated rings. The topological polar surface area (TPSA) is 87.7 Å². The van der Waals surface area contributed by atoms with Crippen molar-refractivity contribution in [2.75, 3.05) is 39.6 Å². The van der Waals surface area contributed by atoms with Crippen molar-refractivity contribution >= 4 is 15.8 Å². The minimum Gasteiger partial charge on any atom is -0.497 e.